The highest BCUT2D eigenvalue weighted by atomic mass is 16.5. The molecule has 1 aliphatic carbocycles. The Morgan fingerprint density at radius 2 is 1.74 bits per heavy atom. The van der Waals surface area contributed by atoms with Crippen LogP contribution in [0.5, 0.6) is 0 Å². The highest BCUT2D eigenvalue weighted by Crippen LogP contribution is 2.44. The first kappa shape index (κ1) is 23.8. The summed E-state index contributed by atoms with van der Waals surface area (Å²) in [5.74, 6) is -1.79. The molecule has 1 aliphatic heterocycles. The molecule has 3 unspecified atom stereocenters. The molecule has 0 bridgehead atoms. The third-order valence-corrected chi connectivity index (χ3v) is 6.89. The van der Waals surface area contributed by atoms with E-state index in [1.54, 1.807) is 13.8 Å². The van der Waals surface area contributed by atoms with Crippen molar-refractivity contribution in [2.24, 2.45) is 11.3 Å². The summed E-state index contributed by atoms with van der Waals surface area (Å²) >= 11 is 0. The number of carboxylic acid groups (broad SMARTS) is 1. The molecule has 34 heavy (non-hydrogen) atoms. The van der Waals surface area contributed by atoms with E-state index in [9.17, 15) is 14.4 Å². The highest BCUT2D eigenvalue weighted by Gasteiger charge is 2.47. The molecule has 8 nitrogen and oxygen atoms in total. The molecule has 1 saturated heterocycles. The van der Waals surface area contributed by atoms with Crippen molar-refractivity contribution in [1.29, 1.82) is 0 Å². The van der Waals surface area contributed by atoms with Gasteiger partial charge in [0.15, 0.2) is 0 Å². The fraction of sp³-hybridized carbons (Fsp3) is 0.423. The van der Waals surface area contributed by atoms with Gasteiger partial charge in [-0.2, -0.15) is 0 Å². The molecule has 2 aromatic carbocycles. The topological polar surface area (TPSA) is 114 Å². The number of carbonyl (C=O) groups excluding carboxylic acids is 2. The number of fused-ring (bicyclic) bond motifs is 3. The van der Waals surface area contributed by atoms with E-state index >= 15 is 0 Å². The summed E-state index contributed by atoms with van der Waals surface area (Å²) in [4.78, 5) is 36.5. The Kier molecular flexibility index (Phi) is 6.88. The van der Waals surface area contributed by atoms with Crippen molar-refractivity contribution in [2.75, 3.05) is 26.4 Å². The lowest BCUT2D eigenvalue weighted by molar-refractivity contribution is -0.141. The molecule has 0 radical (unpaired) electrons. The molecule has 1 fully saturated rings. The number of aliphatic carboxylic acids is 1. The Balaban J connectivity index is 1.35. The monoisotopic (exact) mass is 466 g/mol. The summed E-state index contributed by atoms with van der Waals surface area (Å²) in [6, 6.07) is 15.7. The predicted molar refractivity (Wildman–Crippen MR) is 125 cm³/mol. The normalized spacial score (nSPS) is 21.9. The second-order valence-corrected chi connectivity index (χ2v) is 9.24. The molecule has 180 valence electrons. The summed E-state index contributed by atoms with van der Waals surface area (Å²) in [5, 5.41) is 14.6. The maximum atomic E-state index is 12.8. The van der Waals surface area contributed by atoms with E-state index in [4.69, 9.17) is 14.6 Å². The van der Waals surface area contributed by atoms with Crippen LogP contribution in [0.3, 0.4) is 0 Å². The first-order valence-corrected chi connectivity index (χ1v) is 11.5. The zero-order chi connectivity index (χ0) is 24.3. The fourth-order valence-corrected chi connectivity index (χ4v) is 4.61. The van der Waals surface area contributed by atoms with Crippen LogP contribution in [-0.4, -0.2) is 55.5 Å². The molecule has 2 aromatic rings. The molecule has 3 N–H and O–H groups in total. The number of carboxylic acids is 1. The fourth-order valence-electron chi connectivity index (χ4n) is 4.61. The van der Waals surface area contributed by atoms with E-state index in [-0.39, 0.29) is 38.2 Å². The summed E-state index contributed by atoms with van der Waals surface area (Å²) in [6.45, 7) is 4.09. The summed E-state index contributed by atoms with van der Waals surface area (Å²) < 4.78 is 11.1. The number of carbonyl (C=O) groups is 3. The van der Waals surface area contributed by atoms with Crippen molar-refractivity contribution in [3.05, 3.63) is 59.7 Å². The zero-order valence-electron chi connectivity index (χ0n) is 19.4. The van der Waals surface area contributed by atoms with Crippen LogP contribution in [0.2, 0.25) is 0 Å². The quantitative estimate of drug-likeness (QED) is 0.551. The Hall–Kier alpha value is -3.39. The number of amides is 2. The molecule has 3 atom stereocenters. The van der Waals surface area contributed by atoms with Crippen molar-refractivity contribution < 1.29 is 29.0 Å². The Morgan fingerprint density at radius 1 is 1.12 bits per heavy atom. The van der Waals surface area contributed by atoms with Crippen LogP contribution < -0.4 is 10.6 Å². The first-order chi connectivity index (χ1) is 16.3. The van der Waals surface area contributed by atoms with Gasteiger partial charge in [0.1, 0.15) is 6.61 Å². The van der Waals surface area contributed by atoms with Crippen LogP contribution in [0, 0.1) is 11.3 Å². The first-order valence-electron chi connectivity index (χ1n) is 11.5. The third-order valence-electron chi connectivity index (χ3n) is 6.89. The molecular formula is C26H30N2O6. The molecule has 4 rings (SSSR count). The van der Waals surface area contributed by atoms with Crippen molar-refractivity contribution in [1.82, 2.24) is 10.6 Å². The number of hydrogen-bond acceptors (Lipinski definition) is 5. The second kappa shape index (κ2) is 9.85. The number of nitrogens with one attached hydrogen (secondary N) is 2. The number of alkyl carbamates (subject to hydrolysis) is 1. The van der Waals surface area contributed by atoms with Gasteiger partial charge in [-0.05, 0) is 35.6 Å². The highest BCUT2D eigenvalue weighted by molar-refractivity contribution is 5.84. The standard InChI is InChI=1S/C26H30N2O6/c1-16(23(29)30)11-12-27-24(31)26(2)15-33-14-22(26)28-25(32)34-13-21-19-9-5-3-7-17(19)18-8-4-6-10-20(18)21/h3-10,16,21-22H,11-15H2,1-2H3,(H,27,31)(H,28,32)(H,29,30). The van der Waals surface area contributed by atoms with Gasteiger partial charge in [-0.25, -0.2) is 4.79 Å². The minimum absolute atomic E-state index is 0.0520. The van der Waals surface area contributed by atoms with Crippen LogP contribution in [0.15, 0.2) is 48.5 Å². The van der Waals surface area contributed by atoms with E-state index in [1.165, 1.54) is 0 Å². The minimum Gasteiger partial charge on any atom is -0.481 e. The van der Waals surface area contributed by atoms with Gasteiger partial charge in [-0.3, -0.25) is 9.59 Å². The van der Waals surface area contributed by atoms with Crippen molar-refractivity contribution in [3.8, 4) is 11.1 Å². The zero-order valence-corrected chi connectivity index (χ0v) is 19.4. The maximum absolute atomic E-state index is 12.8. The summed E-state index contributed by atoms with van der Waals surface area (Å²) in [5.41, 5.74) is 3.58. The maximum Gasteiger partial charge on any atom is 0.407 e. The van der Waals surface area contributed by atoms with Gasteiger partial charge in [-0.1, -0.05) is 55.5 Å². The van der Waals surface area contributed by atoms with E-state index < -0.39 is 29.4 Å². The average Bonchev–Trinajstić information content (AvgIpc) is 3.36. The van der Waals surface area contributed by atoms with Crippen LogP contribution in [0.25, 0.3) is 11.1 Å². The van der Waals surface area contributed by atoms with Crippen LogP contribution in [0.4, 0.5) is 4.79 Å². The minimum atomic E-state index is -0.974. The molecular weight excluding hydrogens is 436 g/mol. The summed E-state index contributed by atoms with van der Waals surface area (Å²) in [7, 11) is 0. The lowest BCUT2D eigenvalue weighted by Crippen LogP contribution is -2.53. The second-order valence-electron chi connectivity index (χ2n) is 9.24. The molecule has 0 saturated carbocycles. The lowest BCUT2D eigenvalue weighted by atomic mass is 9.84. The van der Waals surface area contributed by atoms with Gasteiger partial charge in [0.2, 0.25) is 5.91 Å². The van der Waals surface area contributed by atoms with Crippen LogP contribution >= 0.6 is 0 Å². The van der Waals surface area contributed by atoms with Gasteiger partial charge < -0.3 is 25.2 Å². The van der Waals surface area contributed by atoms with Crippen molar-refractivity contribution in [3.63, 3.8) is 0 Å². The van der Waals surface area contributed by atoms with Gasteiger partial charge >= 0.3 is 12.1 Å². The molecule has 0 aromatic heterocycles. The van der Waals surface area contributed by atoms with Gasteiger partial charge in [-0.15, -0.1) is 0 Å². The SMILES string of the molecule is CC(CCNC(=O)C1(C)COCC1NC(=O)OCC1c2ccccc2-c2ccccc21)C(=O)O. The molecule has 2 aliphatic rings. The summed E-state index contributed by atoms with van der Waals surface area (Å²) in [6.07, 6.45) is -0.279. The van der Waals surface area contributed by atoms with E-state index in [1.807, 2.05) is 24.3 Å². The molecule has 0 spiro atoms. The molecule has 2 amide bonds. The number of rotatable bonds is 8. The third kappa shape index (κ3) is 4.63. The van der Waals surface area contributed by atoms with Crippen molar-refractivity contribution in [2.45, 2.75) is 32.2 Å². The van der Waals surface area contributed by atoms with Gasteiger partial charge in [0, 0.05) is 12.5 Å². The number of ether oxygens (including phenoxy) is 2. The lowest BCUT2D eigenvalue weighted by Gasteiger charge is -2.29. The largest absolute Gasteiger partial charge is 0.481 e. The van der Waals surface area contributed by atoms with Gasteiger partial charge in [0.25, 0.3) is 0 Å². The molecule has 1 heterocycles. The Labute approximate surface area is 198 Å². The van der Waals surface area contributed by atoms with E-state index in [2.05, 4.69) is 34.9 Å². The average molecular weight is 467 g/mol. The van der Waals surface area contributed by atoms with E-state index in [0.717, 1.165) is 22.3 Å². The smallest absolute Gasteiger partial charge is 0.407 e. The predicted octanol–water partition coefficient (Wildman–Crippen LogP) is 3.16. The van der Waals surface area contributed by atoms with Crippen LogP contribution in [-0.2, 0) is 19.1 Å². The number of hydrogen-bond donors (Lipinski definition) is 3. The van der Waals surface area contributed by atoms with Crippen LogP contribution in [0.1, 0.15) is 37.3 Å². The van der Waals surface area contributed by atoms with Gasteiger partial charge in [0.05, 0.1) is 30.6 Å². The Morgan fingerprint density at radius 3 is 2.35 bits per heavy atom. The number of benzene rings is 2. The Bertz CT molecular complexity index is 1040. The molecule has 8 heteroatoms. The van der Waals surface area contributed by atoms with Crippen molar-refractivity contribution >= 4 is 18.0 Å². The van der Waals surface area contributed by atoms with E-state index in [0.29, 0.717) is 6.42 Å².